The van der Waals surface area contributed by atoms with E-state index in [4.69, 9.17) is 4.74 Å². The molecule has 0 saturated carbocycles. The van der Waals surface area contributed by atoms with Crippen molar-refractivity contribution in [3.63, 3.8) is 0 Å². The molecule has 0 bridgehead atoms. The van der Waals surface area contributed by atoms with Crippen LogP contribution in [-0.4, -0.2) is 28.8 Å². The Morgan fingerprint density at radius 3 is 2.33 bits per heavy atom. The number of nitrogens with one attached hydrogen (secondary N) is 1. The highest BCUT2D eigenvalue weighted by molar-refractivity contribution is 7.07. The SMILES string of the molecule is Cc1csc(=O)n1CCC(=O)OCC(=O)c1ccc(NC(=O)c2ccccc2)cc1. The number of esters is 1. The van der Waals surface area contributed by atoms with E-state index in [1.54, 1.807) is 60.8 Å². The van der Waals surface area contributed by atoms with Gasteiger partial charge in [-0.15, -0.1) is 0 Å². The van der Waals surface area contributed by atoms with Gasteiger partial charge in [-0.2, -0.15) is 0 Å². The van der Waals surface area contributed by atoms with Gasteiger partial charge in [-0.25, -0.2) is 0 Å². The molecule has 0 saturated heterocycles. The lowest BCUT2D eigenvalue weighted by atomic mass is 10.1. The van der Waals surface area contributed by atoms with Crippen LogP contribution in [0.3, 0.4) is 0 Å². The minimum Gasteiger partial charge on any atom is -0.457 e. The lowest BCUT2D eigenvalue weighted by Crippen LogP contribution is -2.19. The fourth-order valence-electron chi connectivity index (χ4n) is 2.71. The monoisotopic (exact) mass is 424 g/mol. The Morgan fingerprint density at radius 2 is 1.70 bits per heavy atom. The third-order valence-electron chi connectivity index (χ3n) is 4.38. The third-order valence-corrected chi connectivity index (χ3v) is 5.26. The fourth-order valence-corrected chi connectivity index (χ4v) is 3.47. The summed E-state index contributed by atoms with van der Waals surface area (Å²) in [6, 6.07) is 15.1. The van der Waals surface area contributed by atoms with E-state index >= 15 is 0 Å². The molecule has 0 unspecified atom stereocenters. The zero-order chi connectivity index (χ0) is 21.5. The van der Waals surface area contributed by atoms with Gasteiger partial charge in [0, 0.05) is 34.4 Å². The number of nitrogens with zero attached hydrogens (tertiary/aromatic N) is 1. The van der Waals surface area contributed by atoms with E-state index in [2.05, 4.69) is 5.32 Å². The maximum absolute atomic E-state index is 12.2. The summed E-state index contributed by atoms with van der Waals surface area (Å²) < 4.78 is 6.51. The van der Waals surface area contributed by atoms with E-state index in [0.29, 0.717) is 16.8 Å². The number of benzene rings is 2. The van der Waals surface area contributed by atoms with E-state index in [1.165, 1.54) is 4.57 Å². The first-order chi connectivity index (χ1) is 14.4. The van der Waals surface area contributed by atoms with Crippen molar-refractivity contribution in [1.29, 1.82) is 0 Å². The quantitative estimate of drug-likeness (QED) is 0.442. The minimum atomic E-state index is -0.549. The van der Waals surface area contributed by atoms with Crippen LogP contribution in [0.15, 0.2) is 64.8 Å². The van der Waals surface area contributed by atoms with Gasteiger partial charge in [-0.1, -0.05) is 29.5 Å². The lowest BCUT2D eigenvalue weighted by Gasteiger charge is -2.08. The Bertz CT molecular complexity index is 1100. The highest BCUT2D eigenvalue weighted by Crippen LogP contribution is 2.12. The molecule has 1 N–H and O–H groups in total. The maximum Gasteiger partial charge on any atom is 0.308 e. The average molecular weight is 424 g/mol. The summed E-state index contributed by atoms with van der Waals surface area (Å²) in [4.78, 5) is 47.7. The summed E-state index contributed by atoms with van der Waals surface area (Å²) in [5.41, 5.74) is 2.23. The number of thiazole rings is 1. The molecule has 1 amide bonds. The molecule has 0 aliphatic rings. The van der Waals surface area contributed by atoms with Gasteiger partial charge >= 0.3 is 10.8 Å². The third kappa shape index (κ3) is 5.51. The second kappa shape index (κ2) is 9.80. The molecule has 2 aromatic carbocycles. The normalized spacial score (nSPS) is 10.4. The number of Topliss-reactive ketones (excluding diaryl/α,β-unsaturated/α-hetero) is 1. The molecule has 0 atom stereocenters. The molecule has 30 heavy (non-hydrogen) atoms. The Morgan fingerprint density at radius 1 is 1.00 bits per heavy atom. The number of amides is 1. The number of hydrogen-bond donors (Lipinski definition) is 1. The van der Waals surface area contributed by atoms with Gasteiger partial charge < -0.3 is 14.6 Å². The smallest absolute Gasteiger partial charge is 0.308 e. The van der Waals surface area contributed by atoms with E-state index in [1.807, 2.05) is 6.07 Å². The van der Waals surface area contributed by atoms with Gasteiger partial charge in [0.05, 0.1) is 6.42 Å². The van der Waals surface area contributed by atoms with Crippen molar-refractivity contribution in [1.82, 2.24) is 4.57 Å². The molecule has 1 aromatic heterocycles. The van der Waals surface area contributed by atoms with Crippen molar-refractivity contribution in [3.05, 3.63) is 86.5 Å². The summed E-state index contributed by atoms with van der Waals surface area (Å²) in [7, 11) is 0. The molecule has 3 aromatic rings. The highest BCUT2D eigenvalue weighted by atomic mass is 32.1. The van der Waals surface area contributed by atoms with Gasteiger partial charge in [0.15, 0.2) is 12.4 Å². The van der Waals surface area contributed by atoms with Crippen LogP contribution in [0.5, 0.6) is 0 Å². The molecule has 0 aliphatic carbocycles. The van der Waals surface area contributed by atoms with Crippen molar-refractivity contribution < 1.29 is 19.1 Å². The van der Waals surface area contributed by atoms with Crippen molar-refractivity contribution in [2.75, 3.05) is 11.9 Å². The fraction of sp³-hybridized carbons (Fsp3) is 0.182. The van der Waals surface area contributed by atoms with Crippen LogP contribution in [0.1, 0.15) is 32.8 Å². The molecule has 0 fully saturated rings. The van der Waals surface area contributed by atoms with Gasteiger partial charge in [-0.3, -0.25) is 19.2 Å². The Hall–Kier alpha value is -3.52. The van der Waals surface area contributed by atoms with Crippen LogP contribution in [0.25, 0.3) is 0 Å². The summed E-state index contributed by atoms with van der Waals surface area (Å²) in [6.07, 6.45) is 0.00914. The number of aromatic nitrogens is 1. The summed E-state index contributed by atoms with van der Waals surface area (Å²) >= 11 is 1.08. The zero-order valence-electron chi connectivity index (χ0n) is 16.3. The van der Waals surface area contributed by atoms with Crippen LogP contribution in [-0.2, 0) is 16.1 Å². The van der Waals surface area contributed by atoms with Crippen molar-refractivity contribution in [3.8, 4) is 0 Å². The second-order valence-corrected chi connectivity index (χ2v) is 7.35. The van der Waals surface area contributed by atoms with Crippen LogP contribution in [0.4, 0.5) is 5.69 Å². The number of hydrogen-bond acceptors (Lipinski definition) is 6. The molecule has 1 heterocycles. The molecule has 8 heteroatoms. The van der Waals surface area contributed by atoms with Crippen LogP contribution in [0.2, 0.25) is 0 Å². The first kappa shape index (κ1) is 21.2. The molecule has 3 rings (SSSR count). The summed E-state index contributed by atoms with van der Waals surface area (Å²) in [6.45, 7) is 1.63. The maximum atomic E-state index is 12.2. The molecule has 7 nitrogen and oxygen atoms in total. The van der Waals surface area contributed by atoms with Gasteiger partial charge in [0.25, 0.3) is 5.91 Å². The molecule has 0 spiro atoms. The number of aryl methyl sites for hydroxylation is 1. The average Bonchev–Trinajstić information content (AvgIpc) is 3.09. The Balaban J connectivity index is 1.48. The zero-order valence-corrected chi connectivity index (χ0v) is 17.1. The van der Waals surface area contributed by atoms with E-state index in [9.17, 15) is 19.2 Å². The van der Waals surface area contributed by atoms with Crippen molar-refractivity contribution >= 4 is 34.7 Å². The van der Waals surface area contributed by atoms with Gasteiger partial charge in [0.1, 0.15) is 0 Å². The topological polar surface area (TPSA) is 94.5 Å². The van der Waals surface area contributed by atoms with Crippen molar-refractivity contribution in [2.24, 2.45) is 0 Å². The number of carbonyl (C=O) groups excluding carboxylic acids is 3. The largest absolute Gasteiger partial charge is 0.457 e. The van der Waals surface area contributed by atoms with Gasteiger partial charge in [0.2, 0.25) is 0 Å². The lowest BCUT2D eigenvalue weighted by molar-refractivity contribution is -0.142. The van der Waals surface area contributed by atoms with Crippen molar-refractivity contribution in [2.45, 2.75) is 19.9 Å². The molecule has 0 radical (unpaired) electrons. The number of anilines is 1. The van der Waals surface area contributed by atoms with Crippen LogP contribution < -0.4 is 10.2 Å². The number of carbonyl (C=O) groups is 3. The Kier molecular flexibility index (Phi) is 6.92. The number of ketones is 1. The predicted molar refractivity (Wildman–Crippen MR) is 114 cm³/mol. The van der Waals surface area contributed by atoms with Crippen LogP contribution in [0, 0.1) is 6.92 Å². The standard InChI is InChI=1S/C22H20N2O5S/c1-15-14-30-22(28)24(15)12-11-20(26)29-13-19(25)16-7-9-18(10-8-16)23-21(27)17-5-3-2-4-6-17/h2-10,14H,11-13H2,1H3,(H,23,27). The number of rotatable bonds is 8. The first-order valence-electron chi connectivity index (χ1n) is 9.24. The van der Waals surface area contributed by atoms with E-state index < -0.39 is 5.97 Å². The number of ether oxygens (including phenoxy) is 1. The van der Waals surface area contributed by atoms with Crippen LogP contribution >= 0.6 is 11.3 Å². The summed E-state index contributed by atoms with van der Waals surface area (Å²) in [5.74, 6) is -1.15. The highest BCUT2D eigenvalue weighted by Gasteiger charge is 2.12. The van der Waals surface area contributed by atoms with E-state index in [-0.39, 0.29) is 36.1 Å². The second-order valence-electron chi connectivity index (χ2n) is 6.53. The molecule has 154 valence electrons. The summed E-state index contributed by atoms with van der Waals surface area (Å²) in [5, 5.41) is 4.48. The molecule has 0 aliphatic heterocycles. The molecular weight excluding hydrogens is 404 g/mol. The minimum absolute atomic E-state index is 0.00914. The molecular formula is C22H20N2O5S. The predicted octanol–water partition coefficient (Wildman–Crippen LogP) is 3.29. The van der Waals surface area contributed by atoms with Gasteiger partial charge in [-0.05, 0) is 43.3 Å². The first-order valence-corrected chi connectivity index (χ1v) is 10.1. The Labute approximate surface area is 176 Å². The van der Waals surface area contributed by atoms with E-state index in [0.717, 1.165) is 17.0 Å².